The molecule has 0 aliphatic heterocycles. The van der Waals surface area contributed by atoms with Gasteiger partial charge in [-0.2, -0.15) is 0 Å². The molecule has 0 saturated carbocycles. The van der Waals surface area contributed by atoms with Crippen LogP contribution < -0.4 is 0 Å². The van der Waals surface area contributed by atoms with Crippen molar-refractivity contribution in [2.75, 3.05) is 7.05 Å². The lowest BCUT2D eigenvalue weighted by atomic mass is 10.1. The molecular formula is C16H25NO2. The van der Waals surface area contributed by atoms with Crippen molar-refractivity contribution < 1.29 is 9.53 Å². The highest BCUT2D eigenvalue weighted by molar-refractivity contribution is 5.75. The van der Waals surface area contributed by atoms with E-state index in [9.17, 15) is 4.79 Å². The molecule has 0 N–H and O–H groups in total. The van der Waals surface area contributed by atoms with Crippen molar-refractivity contribution in [1.29, 1.82) is 0 Å². The molecule has 0 amide bonds. The van der Waals surface area contributed by atoms with Gasteiger partial charge in [-0.3, -0.25) is 9.69 Å². The molecule has 0 aliphatic carbocycles. The standard InChI is InChI=1S/C16H25NO2/c1-12-8-7-9-14(10-12)11-17(6)13(2)15(18)19-16(3,4)5/h7-10,13H,11H2,1-6H3. The molecule has 1 aromatic rings. The fourth-order valence-electron chi connectivity index (χ4n) is 1.80. The number of nitrogens with zero attached hydrogens (tertiary/aromatic N) is 1. The normalized spacial score (nSPS) is 13.4. The topological polar surface area (TPSA) is 29.5 Å². The van der Waals surface area contributed by atoms with Gasteiger partial charge in [0, 0.05) is 6.54 Å². The van der Waals surface area contributed by atoms with E-state index in [1.807, 2.05) is 45.7 Å². The third kappa shape index (κ3) is 5.43. The Bertz CT molecular complexity index is 435. The van der Waals surface area contributed by atoms with Crippen LogP contribution in [0.15, 0.2) is 24.3 Å². The van der Waals surface area contributed by atoms with Crippen LogP contribution in [0.3, 0.4) is 0 Å². The molecule has 0 radical (unpaired) electrons. The Hall–Kier alpha value is -1.35. The molecule has 0 fully saturated rings. The number of ether oxygens (including phenoxy) is 1. The number of carbonyl (C=O) groups is 1. The maximum absolute atomic E-state index is 12.0. The molecule has 1 rings (SSSR count). The van der Waals surface area contributed by atoms with E-state index in [1.54, 1.807) is 0 Å². The van der Waals surface area contributed by atoms with Crippen LogP contribution in [0.4, 0.5) is 0 Å². The average molecular weight is 263 g/mol. The lowest BCUT2D eigenvalue weighted by Gasteiger charge is -2.27. The number of esters is 1. The predicted octanol–water partition coefficient (Wildman–Crippen LogP) is 3.16. The summed E-state index contributed by atoms with van der Waals surface area (Å²) in [4.78, 5) is 14.0. The first-order chi connectivity index (χ1) is 8.69. The van der Waals surface area contributed by atoms with Gasteiger partial charge in [-0.1, -0.05) is 29.8 Å². The van der Waals surface area contributed by atoms with Crippen molar-refractivity contribution >= 4 is 5.97 Å². The van der Waals surface area contributed by atoms with Crippen molar-refractivity contribution in [3.05, 3.63) is 35.4 Å². The molecule has 1 unspecified atom stereocenters. The maximum Gasteiger partial charge on any atom is 0.323 e. The van der Waals surface area contributed by atoms with E-state index in [0.717, 1.165) is 6.54 Å². The molecule has 0 heterocycles. The van der Waals surface area contributed by atoms with Gasteiger partial charge in [-0.05, 0) is 47.2 Å². The predicted molar refractivity (Wildman–Crippen MR) is 78.0 cm³/mol. The van der Waals surface area contributed by atoms with E-state index in [2.05, 4.69) is 25.1 Å². The Balaban J connectivity index is 2.62. The van der Waals surface area contributed by atoms with Gasteiger partial charge in [0.25, 0.3) is 0 Å². The summed E-state index contributed by atoms with van der Waals surface area (Å²) >= 11 is 0. The summed E-state index contributed by atoms with van der Waals surface area (Å²) in [5.74, 6) is -0.178. The van der Waals surface area contributed by atoms with Gasteiger partial charge in [0.2, 0.25) is 0 Å². The van der Waals surface area contributed by atoms with Gasteiger partial charge < -0.3 is 4.74 Å². The third-order valence-corrected chi connectivity index (χ3v) is 2.92. The molecule has 3 heteroatoms. The summed E-state index contributed by atoms with van der Waals surface area (Å²) in [7, 11) is 1.94. The maximum atomic E-state index is 12.0. The van der Waals surface area contributed by atoms with E-state index in [4.69, 9.17) is 4.74 Å². The summed E-state index contributed by atoms with van der Waals surface area (Å²) in [5.41, 5.74) is 2.00. The summed E-state index contributed by atoms with van der Waals surface area (Å²) < 4.78 is 5.40. The third-order valence-electron chi connectivity index (χ3n) is 2.92. The number of hydrogen-bond acceptors (Lipinski definition) is 3. The molecule has 0 spiro atoms. The highest BCUT2D eigenvalue weighted by Crippen LogP contribution is 2.13. The minimum atomic E-state index is -0.435. The Kier molecular flexibility index (Phi) is 5.12. The first-order valence-corrected chi connectivity index (χ1v) is 6.67. The van der Waals surface area contributed by atoms with Crippen LogP contribution in [0.25, 0.3) is 0 Å². The second-order valence-corrected chi connectivity index (χ2v) is 6.11. The zero-order chi connectivity index (χ0) is 14.6. The molecule has 0 aromatic heterocycles. The van der Waals surface area contributed by atoms with Crippen LogP contribution in [-0.2, 0) is 16.1 Å². The zero-order valence-electron chi connectivity index (χ0n) is 12.9. The highest BCUT2D eigenvalue weighted by atomic mass is 16.6. The van der Waals surface area contributed by atoms with Gasteiger partial charge in [0.1, 0.15) is 11.6 Å². The number of benzene rings is 1. The first-order valence-electron chi connectivity index (χ1n) is 6.67. The fraction of sp³-hybridized carbons (Fsp3) is 0.562. The molecule has 106 valence electrons. The lowest BCUT2D eigenvalue weighted by Crippen LogP contribution is -2.40. The van der Waals surface area contributed by atoms with Crippen molar-refractivity contribution in [1.82, 2.24) is 4.90 Å². The second-order valence-electron chi connectivity index (χ2n) is 6.11. The van der Waals surface area contributed by atoms with Crippen LogP contribution in [0.5, 0.6) is 0 Å². The van der Waals surface area contributed by atoms with E-state index < -0.39 is 5.60 Å². The number of aryl methyl sites for hydroxylation is 1. The van der Waals surface area contributed by atoms with Crippen molar-refractivity contribution in [3.63, 3.8) is 0 Å². The van der Waals surface area contributed by atoms with Crippen molar-refractivity contribution in [2.24, 2.45) is 0 Å². The van der Waals surface area contributed by atoms with Crippen LogP contribution in [0.2, 0.25) is 0 Å². The van der Waals surface area contributed by atoms with Crippen molar-refractivity contribution in [3.8, 4) is 0 Å². The van der Waals surface area contributed by atoms with Crippen molar-refractivity contribution in [2.45, 2.75) is 52.8 Å². The molecule has 0 aliphatic rings. The minimum absolute atomic E-state index is 0.178. The van der Waals surface area contributed by atoms with Crippen LogP contribution in [0.1, 0.15) is 38.8 Å². The SMILES string of the molecule is Cc1cccc(CN(C)C(C)C(=O)OC(C)(C)C)c1. The Labute approximate surface area is 116 Å². The molecule has 1 aromatic carbocycles. The summed E-state index contributed by atoms with van der Waals surface area (Å²) in [6.07, 6.45) is 0. The number of rotatable bonds is 4. The van der Waals surface area contributed by atoms with Crippen LogP contribution in [-0.4, -0.2) is 29.6 Å². The molecule has 3 nitrogen and oxygen atoms in total. The van der Waals surface area contributed by atoms with Gasteiger partial charge in [-0.15, -0.1) is 0 Å². The number of carbonyl (C=O) groups excluding carboxylic acids is 1. The summed E-state index contributed by atoms with van der Waals surface area (Å²) in [6.45, 7) is 10.3. The molecular weight excluding hydrogens is 238 g/mol. The molecule has 0 bridgehead atoms. The quantitative estimate of drug-likeness (QED) is 0.782. The Morgan fingerprint density at radius 3 is 2.53 bits per heavy atom. The van der Waals surface area contributed by atoms with Crippen LogP contribution >= 0.6 is 0 Å². The molecule has 1 atom stereocenters. The van der Waals surface area contributed by atoms with Gasteiger partial charge in [0.05, 0.1) is 0 Å². The van der Waals surface area contributed by atoms with E-state index in [0.29, 0.717) is 0 Å². The summed E-state index contributed by atoms with van der Waals surface area (Å²) in [6, 6.07) is 8.07. The largest absolute Gasteiger partial charge is 0.459 e. The van der Waals surface area contributed by atoms with Gasteiger partial charge in [0.15, 0.2) is 0 Å². The minimum Gasteiger partial charge on any atom is -0.459 e. The van der Waals surface area contributed by atoms with E-state index in [-0.39, 0.29) is 12.0 Å². The smallest absolute Gasteiger partial charge is 0.323 e. The van der Waals surface area contributed by atoms with Crippen LogP contribution in [0, 0.1) is 6.92 Å². The Morgan fingerprint density at radius 1 is 1.37 bits per heavy atom. The first kappa shape index (κ1) is 15.7. The van der Waals surface area contributed by atoms with Gasteiger partial charge >= 0.3 is 5.97 Å². The monoisotopic (exact) mass is 263 g/mol. The van der Waals surface area contributed by atoms with E-state index in [1.165, 1.54) is 11.1 Å². The highest BCUT2D eigenvalue weighted by Gasteiger charge is 2.24. The number of likely N-dealkylation sites (N-methyl/N-ethyl adjacent to an activating group) is 1. The molecule has 0 saturated heterocycles. The Morgan fingerprint density at radius 2 is 2.00 bits per heavy atom. The summed E-state index contributed by atoms with van der Waals surface area (Å²) in [5, 5.41) is 0. The average Bonchev–Trinajstić information content (AvgIpc) is 2.25. The molecule has 19 heavy (non-hydrogen) atoms. The fourth-order valence-corrected chi connectivity index (χ4v) is 1.80. The van der Waals surface area contributed by atoms with E-state index >= 15 is 0 Å². The zero-order valence-corrected chi connectivity index (χ0v) is 12.9. The lowest BCUT2D eigenvalue weighted by molar-refractivity contribution is -0.160. The second kappa shape index (κ2) is 6.20. The van der Waals surface area contributed by atoms with Gasteiger partial charge in [-0.25, -0.2) is 0 Å². The number of hydrogen-bond donors (Lipinski definition) is 0.